The van der Waals surface area contributed by atoms with Crippen LogP contribution in [0.2, 0.25) is 0 Å². The van der Waals surface area contributed by atoms with Gasteiger partial charge in [-0.05, 0) is 31.9 Å². The van der Waals surface area contributed by atoms with Gasteiger partial charge in [0.25, 0.3) is 5.91 Å². The number of aromatic nitrogens is 1. The highest BCUT2D eigenvalue weighted by Crippen LogP contribution is 2.24. The van der Waals surface area contributed by atoms with Crippen molar-refractivity contribution in [3.63, 3.8) is 0 Å². The predicted octanol–water partition coefficient (Wildman–Crippen LogP) is 4.42. The van der Waals surface area contributed by atoms with Crippen molar-refractivity contribution in [3.8, 4) is 0 Å². The molecule has 1 heterocycles. The van der Waals surface area contributed by atoms with Gasteiger partial charge in [0, 0.05) is 17.6 Å². The predicted molar refractivity (Wildman–Crippen MR) is 93.2 cm³/mol. The fourth-order valence-corrected chi connectivity index (χ4v) is 2.87. The van der Waals surface area contributed by atoms with Gasteiger partial charge in [0.1, 0.15) is 5.69 Å². The van der Waals surface area contributed by atoms with Crippen LogP contribution in [0.15, 0.2) is 23.6 Å². The van der Waals surface area contributed by atoms with Gasteiger partial charge >= 0.3 is 0 Å². The van der Waals surface area contributed by atoms with Crippen molar-refractivity contribution in [3.05, 3.63) is 40.4 Å². The third-order valence-corrected chi connectivity index (χ3v) is 4.18. The Bertz CT molecular complexity index is 637. The van der Waals surface area contributed by atoms with Crippen molar-refractivity contribution in [2.45, 2.75) is 40.0 Å². The molecule has 2 N–H and O–H groups in total. The van der Waals surface area contributed by atoms with Crippen LogP contribution in [0.5, 0.6) is 0 Å². The Labute approximate surface area is 136 Å². The second kappa shape index (κ2) is 7.94. The number of nitrogens with one attached hydrogen (secondary N) is 2. The minimum atomic E-state index is -0.0963. The third kappa shape index (κ3) is 4.56. The van der Waals surface area contributed by atoms with Crippen molar-refractivity contribution in [2.24, 2.45) is 0 Å². The first-order chi connectivity index (χ1) is 10.6. The lowest BCUT2D eigenvalue weighted by atomic mass is 10.1. The maximum atomic E-state index is 12.0. The largest absolute Gasteiger partial charge is 0.351 e. The number of rotatable bonds is 7. The topological polar surface area (TPSA) is 54.0 Å². The number of amides is 1. The van der Waals surface area contributed by atoms with Crippen LogP contribution < -0.4 is 10.6 Å². The second-order valence-corrected chi connectivity index (χ2v) is 6.30. The highest BCUT2D eigenvalue weighted by molar-refractivity contribution is 7.14. The molecule has 0 unspecified atom stereocenters. The minimum absolute atomic E-state index is 0.0963. The molecule has 0 aliphatic rings. The quantitative estimate of drug-likeness (QED) is 0.743. The molecule has 0 fully saturated rings. The lowest BCUT2D eigenvalue weighted by Crippen LogP contribution is -2.24. The van der Waals surface area contributed by atoms with E-state index in [0.29, 0.717) is 12.2 Å². The molecule has 0 bridgehead atoms. The van der Waals surface area contributed by atoms with Crippen LogP contribution in [-0.2, 0) is 0 Å². The summed E-state index contributed by atoms with van der Waals surface area (Å²) < 4.78 is 0. The number of nitrogens with zero attached hydrogens (tertiary/aromatic N) is 1. The Balaban J connectivity index is 1.94. The van der Waals surface area contributed by atoms with Crippen molar-refractivity contribution < 1.29 is 4.79 Å². The van der Waals surface area contributed by atoms with Gasteiger partial charge < -0.3 is 10.6 Å². The zero-order valence-corrected chi connectivity index (χ0v) is 14.2. The molecular weight excluding hydrogens is 294 g/mol. The molecule has 4 nitrogen and oxygen atoms in total. The Kier molecular flexibility index (Phi) is 5.95. The van der Waals surface area contributed by atoms with Gasteiger partial charge in [0.15, 0.2) is 5.13 Å². The summed E-state index contributed by atoms with van der Waals surface area (Å²) in [6, 6.07) is 6.22. The van der Waals surface area contributed by atoms with Gasteiger partial charge in [-0.3, -0.25) is 4.79 Å². The molecule has 0 saturated heterocycles. The summed E-state index contributed by atoms with van der Waals surface area (Å²) in [6.45, 7) is 6.99. The first kappa shape index (κ1) is 16.5. The van der Waals surface area contributed by atoms with E-state index in [9.17, 15) is 4.79 Å². The smallest absolute Gasteiger partial charge is 0.270 e. The van der Waals surface area contributed by atoms with E-state index in [-0.39, 0.29) is 5.91 Å². The van der Waals surface area contributed by atoms with Crippen molar-refractivity contribution >= 4 is 28.1 Å². The Morgan fingerprint density at radius 3 is 2.82 bits per heavy atom. The van der Waals surface area contributed by atoms with Crippen LogP contribution in [0.4, 0.5) is 10.8 Å². The van der Waals surface area contributed by atoms with Gasteiger partial charge in [0.2, 0.25) is 0 Å². The Hall–Kier alpha value is -1.88. The van der Waals surface area contributed by atoms with Crippen LogP contribution in [0, 0.1) is 13.8 Å². The molecule has 0 spiro atoms. The fraction of sp³-hybridized carbons (Fsp3) is 0.412. The summed E-state index contributed by atoms with van der Waals surface area (Å²) in [6.07, 6.45) is 3.30. The number of aryl methyl sites for hydroxylation is 2. The third-order valence-electron chi connectivity index (χ3n) is 3.43. The molecule has 0 radical (unpaired) electrons. The van der Waals surface area contributed by atoms with Crippen molar-refractivity contribution in [2.75, 3.05) is 11.9 Å². The number of benzene rings is 1. The molecule has 1 amide bonds. The van der Waals surface area contributed by atoms with Crippen LogP contribution >= 0.6 is 11.3 Å². The van der Waals surface area contributed by atoms with Gasteiger partial charge in [-0.15, -0.1) is 11.3 Å². The molecule has 2 rings (SSSR count). The molecule has 0 atom stereocenters. The summed E-state index contributed by atoms with van der Waals surface area (Å²) in [5, 5.41) is 8.72. The standard InChI is InChI=1S/C17H23N3OS/c1-4-5-6-9-18-16(21)15-11-22-17(20-15)19-14-8-7-12(2)10-13(14)3/h7-8,10-11H,4-6,9H2,1-3H3,(H,18,21)(H,19,20). The number of carbonyl (C=O) groups is 1. The van der Waals surface area contributed by atoms with E-state index in [1.54, 1.807) is 5.38 Å². The number of unbranched alkanes of at least 4 members (excludes halogenated alkanes) is 2. The fourth-order valence-electron chi connectivity index (χ4n) is 2.17. The molecule has 0 aliphatic heterocycles. The summed E-state index contributed by atoms with van der Waals surface area (Å²) in [4.78, 5) is 16.4. The number of anilines is 2. The van der Waals surface area contributed by atoms with Crippen LogP contribution in [0.3, 0.4) is 0 Å². The first-order valence-corrected chi connectivity index (χ1v) is 8.56. The van der Waals surface area contributed by atoms with E-state index in [0.717, 1.165) is 30.1 Å². The number of carbonyl (C=O) groups excluding carboxylic acids is 1. The molecule has 0 saturated carbocycles. The van der Waals surface area contributed by atoms with Crippen molar-refractivity contribution in [1.29, 1.82) is 0 Å². The van der Waals surface area contributed by atoms with Gasteiger partial charge in [-0.2, -0.15) is 0 Å². The minimum Gasteiger partial charge on any atom is -0.351 e. The number of thiazole rings is 1. The van der Waals surface area contributed by atoms with Crippen LogP contribution in [-0.4, -0.2) is 17.4 Å². The van der Waals surface area contributed by atoms with Gasteiger partial charge in [-0.1, -0.05) is 37.5 Å². The van der Waals surface area contributed by atoms with E-state index in [1.165, 1.54) is 22.5 Å². The molecule has 22 heavy (non-hydrogen) atoms. The van der Waals surface area contributed by atoms with E-state index in [4.69, 9.17) is 0 Å². The average molecular weight is 317 g/mol. The zero-order chi connectivity index (χ0) is 15.9. The summed E-state index contributed by atoms with van der Waals surface area (Å²) >= 11 is 1.45. The maximum Gasteiger partial charge on any atom is 0.270 e. The zero-order valence-electron chi connectivity index (χ0n) is 13.4. The summed E-state index contributed by atoms with van der Waals surface area (Å²) in [5.74, 6) is -0.0963. The molecule has 0 aliphatic carbocycles. The summed E-state index contributed by atoms with van der Waals surface area (Å²) in [5.41, 5.74) is 3.90. The summed E-state index contributed by atoms with van der Waals surface area (Å²) in [7, 11) is 0. The highest BCUT2D eigenvalue weighted by atomic mass is 32.1. The van der Waals surface area contributed by atoms with E-state index in [1.807, 2.05) is 6.07 Å². The van der Waals surface area contributed by atoms with Crippen molar-refractivity contribution in [1.82, 2.24) is 10.3 Å². The second-order valence-electron chi connectivity index (χ2n) is 5.44. The van der Waals surface area contributed by atoms with Gasteiger partial charge in [-0.25, -0.2) is 4.98 Å². The van der Waals surface area contributed by atoms with E-state index >= 15 is 0 Å². The Morgan fingerprint density at radius 2 is 2.09 bits per heavy atom. The average Bonchev–Trinajstić information content (AvgIpc) is 2.95. The van der Waals surface area contributed by atoms with E-state index in [2.05, 4.69) is 48.5 Å². The molecule has 2 aromatic rings. The van der Waals surface area contributed by atoms with Crippen LogP contribution in [0.1, 0.15) is 47.8 Å². The lowest BCUT2D eigenvalue weighted by molar-refractivity contribution is 0.0949. The molecule has 1 aromatic carbocycles. The Morgan fingerprint density at radius 1 is 1.27 bits per heavy atom. The molecule has 118 valence electrons. The highest BCUT2D eigenvalue weighted by Gasteiger charge is 2.10. The van der Waals surface area contributed by atoms with Gasteiger partial charge in [0.05, 0.1) is 0 Å². The first-order valence-electron chi connectivity index (χ1n) is 7.68. The SMILES string of the molecule is CCCCCNC(=O)c1csc(Nc2ccc(C)cc2C)n1. The maximum absolute atomic E-state index is 12.0. The monoisotopic (exact) mass is 317 g/mol. The van der Waals surface area contributed by atoms with E-state index < -0.39 is 0 Å². The lowest BCUT2D eigenvalue weighted by Gasteiger charge is -2.07. The number of hydrogen-bond donors (Lipinski definition) is 2. The molecule has 1 aromatic heterocycles. The number of hydrogen-bond acceptors (Lipinski definition) is 4. The van der Waals surface area contributed by atoms with Crippen LogP contribution in [0.25, 0.3) is 0 Å². The molecular formula is C17H23N3OS. The normalized spacial score (nSPS) is 10.5. The molecule has 5 heteroatoms.